The van der Waals surface area contributed by atoms with Crippen LogP contribution in [0, 0.1) is 0 Å². The van der Waals surface area contributed by atoms with Crippen molar-refractivity contribution in [2.45, 2.75) is 33.2 Å². The molecule has 2 aliphatic rings. The summed E-state index contributed by atoms with van der Waals surface area (Å²) in [6.45, 7) is 9.52. The Morgan fingerprint density at radius 1 is 0.875 bits per heavy atom. The van der Waals surface area contributed by atoms with Crippen LogP contribution in [0.3, 0.4) is 0 Å². The van der Waals surface area contributed by atoms with Crippen molar-refractivity contribution < 1.29 is 23.7 Å². The van der Waals surface area contributed by atoms with Gasteiger partial charge in [-0.1, -0.05) is 19.9 Å². The molecular formula is C25H32N2O5. The first-order valence-corrected chi connectivity index (χ1v) is 11.5. The van der Waals surface area contributed by atoms with Crippen LogP contribution in [-0.4, -0.2) is 61.9 Å². The smallest absolute Gasteiger partial charge is 0.254 e. The predicted octanol–water partition coefficient (Wildman–Crippen LogP) is 3.95. The number of benzene rings is 2. The van der Waals surface area contributed by atoms with Gasteiger partial charge >= 0.3 is 0 Å². The molecule has 0 spiro atoms. The lowest BCUT2D eigenvalue weighted by atomic mass is 10.1. The lowest BCUT2D eigenvalue weighted by Gasteiger charge is -2.35. The van der Waals surface area contributed by atoms with Gasteiger partial charge in [0.05, 0.1) is 13.2 Å². The van der Waals surface area contributed by atoms with Gasteiger partial charge in [0.1, 0.15) is 0 Å². The molecule has 2 aromatic rings. The molecule has 0 N–H and O–H groups in total. The first kappa shape index (κ1) is 22.3. The minimum absolute atomic E-state index is 0.0381. The lowest BCUT2D eigenvalue weighted by Crippen LogP contribution is -2.48. The van der Waals surface area contributed by atoms with Crippen LogP contribution >= 0.6 is 0 Å². The molecule has 1 saturated heterocycles. The number of carbonyl (C=O) groups excluding carboxylic acids is 1. The van der Waals surface area contributed by atoms with Crippen molar-refractivity contribution in [3.8, 4) is 23.0 Å². The third kappa shape index (κ3) is 5.27. The molecule has 32 heavy (non-hydrogen) atoms. The van der Waals surface area contributed by atoms with E-state index in [4.69, 9.17) is 18.9 Å². The summed E-state index contributed by atoms with van der Waals surface area (Å²) in [6, 6.07) is 11.6. The van der Waals surface area contributed by atoms with E-state index >= 15 is 0 Å². The third-order valence-corrected chi connectivity index (χ3v) is 5.62. The van der Waals surface area contributed by atoms with E-state index in [1.54, 1.807) is 0 Å². The first-order valence-electron chi connectivity index (χ1n) is 11.5. The van der Waals surface area contributed by atoms with Gasteiger partial charge in [0.25, 0.3) is 5.91 Å². The Balaban J connectivity index is 1.35. The van der Waals surface area contributed by atoms with Crippen LogP contribution in [0.4, 0.5) is 0 Å². The molecule has 7 heteroatoms. The summed E-state index contributed by atoms with van der Waals surface area (Å²) in [5.41, 5.74) is 1.83. The van der Waals surface area contributed by atoms with Gasteiger partial charge in [-0.3, -0.25) is 9.69 Å². The normalized spacial score (nSPS) is 15.6. The summed E-state index contributed by atoms with van der Waals surface area (Å²) in [6.07, 6.45) is 1.82. The summed E-state index contributed by atoms with van der Waals surface area (Å²) in [5.74, 6) is 3.00. The molecule has 0 bridgehead atoms. The lowest BCUT2D eigenvalue weighted by molar-refractivity contribution is 0.0628. The monoisotopic (exact) mass is 440 g/mol. The van der Waals surface area contributed by atoms with Crippen LogP contribution in [0.1, 0.15) is 42.6 Å². The summed E-state index contributed by atoms with van der Waals surface area (Å²) >= 11 is 0. The Morgan fingerprint density at radius 3 is 2.34 bits per heavy atom. The van der Waals surface area contributed by atoms with E-state index in [9.17, 15) is 4.79 Å². The SMILES string of the molecule is CCCOc1ccc(C(=O)N2CCN(Cc3ccc4c(c3)OCO4)CC2)cc1OCCC. The van der Waals surface area contributed by atoms with Crippen LogP contribution in [0.5, 0.6) is 23.0 Å². The molecule has 2 aliphatic heterocycles. The molecule has 0 aromatic heterocycles. The topological polar surface area (TPSA) is 60.5 Å². The first-order chi connectivity index (χ1) is 15.7. The average molecular weight is 441 g/mol. The molecule has 0 atom stereocenters. The number of hydrogen-bond donors (Lipinski definition) is 0. The Kier molecular flexibility index (Phi) is 7.37. The number of amides is 1. The fraction of sp³-hybridized carbons (Fsp3) is 0.480. The fourth-order valence-electron chi connectivity index (χ4n) is 3.89. The number of ether oxygens (including phenoxy) is 4. The molecule has 2 heterocycles. The second-order valence-corrected chi connectivity index (χ2v) is 8.11. The van der Waals surface area contributed by atoms with Crippen LogP contribution in [0.15, 0.2) is 36.4 Å². The van der Waals surface area contributed by atoms with Crippen molar-refractivity contribution in [1.29, 1.82) is 0 Å². The van der Waals surface area contributed by atoms with Crippen molar-refractivity contribution in [1.82, 2.24) is 9.80 Å². The zero-order chi connectivity index (χ0) is 22.3. The maximum atomic E-state index is 13.1. The fourth-order valence-corrected chi connectivity index (χ4v) is 3.89. The van der Waals surface area contributed by atoms with Gasteiger partial charge < -0.3 is 23.8 Å². The standard InChI is InChI=1S/C25H32N2O5/c1-3-13-29-21-8-6-20(16-24(21)30-14-4-2)25(28)27-11-9-26(10-12-27)17-19-5-7-22-23(15-19)32-18-31-22/h5-8,15-16H,3-4,9-14,17-18H2,1-2H3. The van der Waals surface area contributed by atoms with Gasteiger partial charge in [-0.25, -0.2) is 0 Å². The molecule has 4 rings (SSSR count). The Bertz CT molecular complexity index is 925. The molecule has 2 aromatic carbocycles. The van der Waals surface area contributed by atoms with Crippen LogP contribution in [0.2, 0.25) is 0 Å². The molecule has 172 valence electrons. The van der Waals surface area contributed by atoms with Crippen molar-refractivity contribution in [3.63, 3.8) is 0 Å². The Hall–Kier alpha value is -2.93. The molecular weight excluding hydrogens is 408 g/mol. The van der Waals surface area contributed by atoms with Gasteiger partial charge in [0.2, 0.25) is 6.79 Å². The second-order valence-electron chi connectivity index (χ2n) is 8.11. The van der Waals surface area contributed by atoms with Crippen LogP contribution in [-0.2, 0) is 6.54 Å². The van der Waals surface area contributed by atoms with E-state index in [0.717, 1.165) is 44.0 Å². The number of piperazine rings is 1. The summed E-state index contributed by atoms with van der Waals surface area (Å²) in [5, 5.41) is 0. The zero-order valence-electron chi connectivity index (χ0n) is 19.0. The highest BCUT2D eigenvalue weighted by molar-refractivity contribution is 5.95. The van der Waals surface area contributed by atoms with Crippen molar-refractivity contribution in [2.24, 2.45) is 0 Å². The van der Waals surface area contributed by atoms with Crippen molar-refractivity contribution in [2.75, 3.05) is 46.2 Å². The average Bonchev–Trinajstić information content (AvgIpc) is 3.29. The Labute approximate surface area is 189 Å². The molecule has 1 amide bonds. The number of rotatable bonds is 9. The van der Waals surface area contributed by atoms with Crippen LogP contribution in [0.25, 0.3) is 0 Å². The number of nitrogens with zero attached hydrogens (tertiary/aromatic N) is 2. The molecule has 7 nitrogen and oxygen atoms in total. The van der Waals surface area contributed by atoms with Gasteiger partial charge in [-0.05, 0) is 48.7 Å². The zero-order valence-corrected chi connectivity index (χ0v) is 19.0. The van der Waals surface area contributed by atoms with Gasteiger partial charge in [-0.2, -0.15) is 0 Å². The van der Waals surface area contributed by atoms with E-state index in [-0.39, 0.29) is 12.7 Å². The number of carbonyl (C=O) groups is 1. The quantitative estimate of drug-likeness (QED) is 0.589. The molecule has 0 unspecified atom stereocenters. The molecule has 0 saturated carbocycles. The van der Waals surface area contributed by atoms with E-state index in [1.165, 1.54) is 5.56 Å². The van der Waals surface area contributed by atoms with E-state index in [1.807, 2.05) is 35.2 Å². The van der Waals surface area contributed by atoms with Gasteiger partial charge in [-0.15, -0.1) is 0 Å². The highest BCUT2D eigenvalue weighted by atomic mass is 16.7. The summed E-state index contributed by atoms with van der Waals surface area (Å²) in [4.78, 5) is 17.4. The minimum atomic E-state index is 0.0381. The Morgan fingerprint density at radius 2 is 1.59 bits per heavy atom. The number of hydrogen-bond acceptors (Lipinski definition) is 6. The molecule has 0 radical (unpaired) electrons. The van der Waals surface area contributed by atoms with Crippen LogP contribution < -0.4 is 18.9 Å². The molecule has 1 fully saturated rings. The predicted molar refractivity (Wildman–Crippen MR) is 122 cm³/mol. The van der Waals surface area contributed by atoms with Gasteiger partial charge in [0, 0.05) is 38.3 Å². The second kappa shape index (κ2) is 10.6. The summed E-state index contributed by atoms with van der Waals surface area (Å²) < 4.78 is 22.5. The number of fused-ring (bicyclic) bond motifs is 1. The highest BCUT2D eigenvalue weighted by Gasteiger charge is 2.24. The van der Waals surface area contributed by atoms with Gasteiger partial charge in [0.15, 0.2) is 23.0 Å². The van der Waals surface area contributed by atoms with Crippen molar-refractivity contribution in [3.05, 3.63) is 47.5 Å². The third-order valence-electron chi connectivity index (χ3n) is 5.62. The highest BCUT2D eigenvalue weighted by Crippen LogP contribution is 2.33. The van der Waals surface area contributed by atoms with E-state index in [2.05, 4.69) is 24.8 Å². The minimum Gasteiger partial charge on any atom is -0.490 e. The molecule has 0 aliphatic carbocycles. The van der Waals surface area contributed by atoms with Crippen molar-refractivity contribution >= 4 is 5.91 Å². The largest absolute Gasteiger partial charge is 0.490 e. The van der Waals surface area contributed by atoms with E-state index in [0.29, 0.717) is 43.4 Å². The van der Waals surface area contributed by atoms with E-state index < -0.39 is 0 Å². The maximum absolute atomic E-state index is 13.1. The summed E-state index contributed by atoms with van der Waals surface area (Å²) in [7, 11) is 0. The maximum Gasteiger partial charge on any atom is 0.254 e.